The van der Waals surface area contributed by atoms with E-state index in [1.54, 1.807) is 12.4 Å². The summed E-state index contributed by atoms with van der Waals surface area (Å²) in [7, 11) is 0. The highest BCUT2D eigenvalue weighted by atomic mass is 16.5. The molecule has 0 fully saturated rings. The predicted molar refractivity (Wildman–Crippen MR) is 133 cm³/mol. The Morgan fingerprint density at radius 1 is 1.00 bits per heavy atom. The van der Waals surface area contributed by atoms with E-state index in [1.165, 1.54) is 11.1 Å². The Kier molecular flexibility index (Phi) is 4.94. The van der Waals surface area contributed by atoms with Crippen LogP contribution in [0, 0.1) is 0 Å². The molecule has 0 aliphatic carbocycles. The fourth-order valence-corrected chi connectivity index (χ4v) is 4.95. The molecular formula is C28H27N4O2+. The summed E-state index contributed by atoms with van der Waals surface area (Å²) in [5.41, 5.74) is 8.29. The zero-order chi connectivity index (χ0) is 23.2. The maximum atomic E-state index is 12.7. The number of anilines is 1. The summed E-state index contributed by atoms with van der Waals surface area (Å²) in [6.45, 7) is 6.51. The maximum absolute atomic E-state index is 12.7. The van der Waals surface area contributed by atoms with Gasteiger partial charge in [0.15, 0.2) is 6.54 Å². The highest BCUT2D eigenvalue weighted by molar-refractivity contribution is 6.59. The van der Waals surface area contributed by atoms with Gasteiger partial charge in [0.25, 0.3) is 5.71 Å². The number of pyridine rings is 1. The summed E-state index contributed by atoms with van der Waals surface area (Å²) < 4.78 is 8.48. The largest absolute Gasteiger partial charge is 0.482 e. The molecule has 1 aromatic heterocycles. The van der Waals surface area contributed by atoms with Crippen molar-refractivity contribution in [3.63, 3.8) is 0 Å². The smallest absolute Gasteiger partial charge is 0.317 e. The van der Waals surface area contributed by atoms with E-state index >= 15 is 0 Å². The topological polar surface area (TPSA) is 66.3 Å². The molecule has 1 atom stereocenters. The third-order valence-corrected chi connectivity index (χ3v) is 6.79. The van der Waals surface area contributed by atoms with Gasteiger partial charge in [0.1, 0.15) is 17.4 Å². The van der Waals surface area contributed by atoms with Crippen molar-refractivity contribution in [2.45, 2.75) is 25.9 Å². The molecule has 2 aromatic carbocycles. The second-order valence-corrected chi connectivity index (χ2v) is 9.24. The number of nitrogens with one attached hydrogen (secondary N) is 2. The SMILES string of the molecule is CC(C)c1ccc(C2CNc3cc(C4=C(c5ccncc5)[N+]5=C4C(=O)NCC5)ccc3O2)cc1. The summed E-state index contributed by atoms with van der Waals surface area (Å²) in [6.07, 6.45) is 3.54. The number of benzene rings is 2. The average molecular weight is 452 g/mol. The van der Waals surface area contributed by atoms with Gasteiger partial charge >= 0.3 is 5.91 Å². The van der Waals surface area contributed by atoms with Crippen LogP contribution in [0.5, 0.6) is 5.75 Å². The predicted octanol–water partition coefficient (Wildman–Crippen LogP) is 4.22. The van der Waals surface area contributed by atoms with E-state index < -0.39 is 0 Å². The average Bonchev–Trinajstić information content (AvgIpc) is 2.85. The van der Waals surface area contributed by atoms with E-state index in [4.69, 9.17) is 4.74 Å². The van der Waals surface area contributed by atoms with E-state index in [9.17, 15) is 4.79 Å². The zero-order valence-electron chi connectivity index (χ0n) is 19.3. The van der Waals surface area contributed by atoms with Gasteiger partial charge in [-0.25, -0.2) is 0 Å². The number of hydrogen-bond donors (Lipinski definition) is 2. The molecule has 3 aliphatic rings. The Bertz CT molecular complexity index is 1340. The monoisotopic (exact) mass is 451 g/mol. The lowest BCUT2D eigenvalue weighted by molar-refractivity contribution is -0.438. The molecule has 1 amide bonds. The van der Waals surface area contributed by atoms with E-state index in [2.05, 4.69) is 64.4 Å². The summed E-state index contributed by atoms with van der Waals surface area (Å²) >= 11 is 0. The van der Waals surface area contributed by atoms with Crippen LogP contribution < -0.4 is 15.4 Å². The van der Waals surface area contributed by atoms with Crippen LogP contribution in [0.25, 0.3) is 11.3 Å². The lowest BCUT2D eigenvalue weighted by Gasteiger charge is -2.30. The van der Waals surface area contributed by atoms with Crippen molar-refractivity contribution >= 4 is 28.6 Å². The van der Waals surface area contributed by atoms with E-state index in [0.29, 0.717) is 19.0 Å². The number of hydrogen-bond acceptors (Lipinski definition) is 4. The lowest BCUT2D eigenvalue weighted by atomic mass is 9.87. The molecule has 6 nitrogen and oxygen atoms in total. The third-order valence-electron chi connectivity index (χ3n) is 6.79. The number of rotatable bonds is 4. The summed E-state index contributed by atoms with van der Waals surface area (Å²) in [5.74, 6) is 1.32. The number of amides is 1. The van der Waals surface area contributed by atoms with Gasteiger partial charge in [-0.3, -0.25) is 9.78 Å². The van der Waals surface area contributed by atoms with Crippen LogP contribution in [0.15, 0.2) is 67.0 Å². The van der Waals surface area contributed by atoms with Crippen molar-refractivity contribution in [3.05, 3.63) is 89.2 Å². The first-order chi connectivity index (χ1) is 16.6. The number of fused-ring (bicyclic) bond motifs is 1. The first kappa shape index (κ1) is 20.7. The Labute approximate surface area is 199 Å². The van der Waals surface area contributed by atoms with Crippen LogP contribution in [-0.2, 0) is 4.79 Å². The molecule has 170 valence electrons. The number of aromatic nitrogens is 1. The summed E-state index contributed by atoms with van der Waals surface area (Å²) in [5, 5.41) is 6.53. The molecule has 0 spiro atoms. The second-order valence-electron chi connectivity index (χ2n) is 9.24. The highest BCUT2D eigenvalue weighted by Crippen LogP contribution is 2.41. The van der Waals surface area contributed by atoms with Crippen LogP contribution in [0.2, 0.25) is 0 Å². The van der Waals surface area contributed by atoms with Crippen LogP contribution in [0.4, 0.5) is 5.69 Å². The van der Waals surface area contributed by atoms with Gasteiger partial charge in [0.05, 0.1) is 24.3 Å². The molecule has 0 radical (unpaired) electrons. The maximum Gasteiger partial charge on any atom is 0.317 e. The van der Waals surface area contributed by atoms with Crippen LogP contribution in [0.1, 0.15) is 48.1 Å². The van der Waals surface area contributed by atoms with Crippen LogP contribution in [0.3, 0.4) is 0 Å². The quantitative estimate of drug-likeness (QED) is 0.583. The third kappa shape index (κ3) is 3.37. The van der Waals surface area contributed by atoms with Crippen molar-refractivity contribution in [2.24, 2.45) is 0 Å². The molecule has 4 heterocycles. The molecule has 34 heavy (non-hydrogen) atoms. The fourth-order valence-electron chi connectivity index (χ4n) is 4.95. The van der Waals surface area contributed by atoms with E-state index in [1.807, 2.05) is 24.3 Å². The van der Waals surface area contributed by atoms with Crippen LogP contribution in [-0.4, -0.2) is 40.8 Å². The number of carbonyl (C=O) groups is 1. The van der Waals surface area contributed by atoms with Gasteiger partial charge in [-0.1, -0.05) is 44.2 Å². The van der Waals surface area contributed by atoms with Crippen molar-refractivity contribution < 1.29 is 14.1 Å². The molecule has 6 rings (SSSR count). The summed E-state index contributed by atoms with van der Waals surface area (Å²) in [4.78, 5) is 16.8. The van der Waals surface area contributed by atoms with Crippen molar-refractivity contribution in [3.8, 4) is 5.75 Å². The lowest BCUT2D eigenvalue weighted by Crippen LogP contribution is -2.51. The second kappa shape index (κ2) is 8.13. The summed E-state index contributed by atoms with van der Waals surface area (Å²) in [6, 6.07) is 18.8. The van der Waals surface area contributed by atoms with Gasteiger partial charge in [-0.2, -0.15) is 4.58 Å². The Morgan fingerprint density at radius 3 is 2.56 bits per heavy atom. The Balaban J connectivity index is 1.32. The highest BCUT2D eigenvalue weighted by Gasteiger charge is 2.47. The minimum atomic E-state index is -0.0381. The molecule has 3 aliphatic heterocycles. The standard InChI is InChI=1S/C28H26N4O2/c1-17(2)18-3-5-19(6-4-18)24-16-31-22-15-21(7-8-23(22)34-24)25-26(20-9-11-29-12-10-20)32-14-13-30-28(33)27(25)32/h3-12,15,17,24,31H,13-14,16H2,1-2H3/p+1. The number of nitrogens with zero attached hydrogens (tertiary/aromatic N) is 2. The number of ether oxygens (including phenoxy) is 1. The molecule has 2 N–H and O–H groups in total. The van der Waals surface area contributed by atoms with Crippen LogP contribution >= 0.6 is 0 Å². The molecule has 0 saturated carbocycles. The fraction of sp³-hybridized carbons (Fsp3) is 0.250. The first-order valence-corrected chi connectivity index (χ1v) is 11.8. The minimum Gasteiger partial charge on any atom is -0.482 e. The molecule has 0 saturated heterocycles. The van der Waals surface area contributed by atoms with Crippen molar-refractivity contribution in [1.29, 1.82) is 0 Å². The molecule has 0 bridgehead atoms. The van der Waals surface area contributed by atoms with Gasteiger partial charge < -0.3 is 15.4 Å². The molecule has 1 unspecified atom stereocenters. The normalized spacial score (nSPS) is 19.0. The Hall–Kier alpha value is -3.93. The van der Waals surface area contributed by atoms with Gasteiger partial charge in [-0.05, 0) is 46.9 Å². The first-order valence-electron chi connectivity index (χ1n) is 11.8. The molecule has 3 aromatic rings. The van der Waals surface area contributed by atoms with Gasteiger partial charge in [-0.15, -0.1) is 0 Å². The van der Waals surface area contributed by atoms with Gasteiger partial charge in [0.2, 0.25) is 5.70 Å². The minimum absolute atomic E-state index is 0.0223. The molecule has 6 heteroatoms. The van der Waals surface area contributed by atoms with E-state index in [-0.39, 0.29) is 12.0 Å². The van der Waals surface area contributed by atoms with E-state index in [0.717, 1.165) is 46.1 Å². The zero-order valence-corrected chi connectivity index (χ0v) is 19.3. The Morgan fingerprint density at radius 2 is 1.79 bits per heavy atom. The van der Waals surface area contributed by atoms with Crippen molar-refractivity contribution in [1.82, 2.24) is 10.3 Å². The van der Waals surface area contributed by atoms with Gasteiger partial charge in [0, 0.05) is 12.4 Å². The molecular weight excluding hydrogens is 424 g/mol. The van der Waals surface area contributed by atoms with Crippen molar-refractivity contribution in [2.75, 3.05) is 25.0 Å². The number of carbonyl (C=O) groups excluding carboxylic acids is 1.